The van der Waals surface area contributed by atoms with Gasteiger partial charge in [-0.1, -0.05) is 0 Å². The van der Waals surface area contributed by atoms with Gasteiger partial charge in [0.25, 0.3) is 0 Å². The number of ether oxygens (including phenoxy) is 1. The maximum Gasteiger partial charge on any atom is 0.234 e. The van der Waals surface area contributed by atoms with Gasteiger partial charge >= 0.3 is 0 Å². The average Bonchev–Trinajstić information content (AvgIpc) is 2.76. The Kier molecular flexibility index (Phi) is 4.31. The van der Waals surface area contributed by atoms with E-state index >= 15 is 0 Å². The molecule has 0 radical (unpaired) electrons. The number of nitrogens with one attached hydrogen (secondary N) is 2. The van der Waals surface area contributed by atoms with Crippen molar-refractivity contribution in [1.29, 1.82) is 0 Å². The van der Waals surface area contributed by atoms with Gasteiger partial charge in [-0.25, -0.2) is 4.98 Å². The summed E-state index contributed by atoms with van der Waals surface area (Å²) in [6, 6.07) is 0. The van der Waals surface area contributed by atoms with Crippen molar-refractivity contribution in [2.24, 2.45) is 5.41 Å². The third kappa shape index (κ3) is 2.88. The molecule has 100 valence electrons. The van der Waals surface area contributed by atoms with Crippen LogP contribution in [0.2, 0.25) is 0 Å². The van der Waals surface area contributed by atoms with E-state index < -0.39 is 5.41 Å². The number of anilines is 1. The van der Waals surface area contributed by atoms with Crippen molar-refractivity contribution in [3.63, 3.8) is 0 Å². The zero-order chi connectivity index (χ0) is 13.0. The SMILES string of the molecule is COCC1(C(=O)Nc2ncc(C)s2)CCNCC1. The minimum absolute atomic E-state index is 0.0280. The van der Waals surface area contributed by atoms with E-state index in [1.54, 1.807) is 13.3 Å². The highest BCUT2D eigenvalue weighted by atomic mass is 32.1. The summed E-state index contributed by atoms with van der Waals surface area (Å²) in [7, 11) is 1.64. The quantitative estimate of drug-likeness (QED) is 0.867. The van der Waals surface area contributed by atoms with Crippen molar-refractivity contribution in [3.8, 4) is 0 Å². The van der Waals surface area contributed by atoms with Gasteiger partial charge in [0.05, 0.1) is 12.0 Å². The molecule has 18 heavy (non-hydrogen) atoms. The van der Waals surface area contributed by atoms with E-state index in [9.17, 15) is 4.79 Å². The molecule has 1 saturated heterocycles. The van der Waals surface area contributed by atoms with Crippen molar-refractivity contribution < 1.29 is 9.53 Å². The van der Waals surface area contributed by atoms with Gasteiger partial charge in [0.1, 0.15) is 0 Å². The number of aryl methyl sites for hydroxylation is 1. The molecule has 2 heterocycles. The Morgan fingerprint density at radius 3 is 2.89 bits per heavy atom. The summed E-state index contributed by atoms with van der Waals surface area (Å²) >= 11 is 1.50. The van der Waals surface area contributed by atoms with Crippen LogP contribution in [0.4, 0.5) is 5.13 Å². The number of amides is 1. The van der Waals surface area contributed by atoms with Gasteiger partial charge < -0.3 is 15.4 Å². The highest BCUT2D eigenvalue weighted by molar-refractivity contribution is 7.15. The summed E-state index contributed by atoms with van der Waals surface area (Å²) in [6.45, 7) is 4.15. The Morgan fingerprint density at radius 2 is 2.33 bits per heavy atom. The highest BCUT2D eigenvalue weighted by Crippen LogP contribution is 2.31. The van der Waals surface area contributed by atoms with Crippen LogP contribution < -0.4 is 10.6 Å². The second-order valence-corrected chi connectivity index (χ2v) is 5.93. The molecular formula is C12H19N3O2S. The number of carbonyl (C=O) groups excluding carboxylic acids is 1. The molecule has 2 rings (SSSR count). The smallest absolute Gasteiger partial charge is 0.234 e. The third-order valence-corrected chi connectivity index (χ3v) is 4.13. The second kappa shape index (κ2) is 5.77. The molecule has 0 bridgehead atoms. The Hall–Kier alpha value is -0.980. The standard InChI is InChI=1S/C12H19N3O2S/c1-9-7-14-11(18-9)15-10(16)12(8-17-2)3-5-13-6-4-12/h7,13H,3-6,8H2,1-2H3,(H,14,15,16). The molecule has 1 aliphatic heterocycles. The van der Waals surface area contributed by atoms with E-state index in [2.05, 4.69) is 15.6 Å². The van der Waals surface area contributed by atoms with Gasteiger partial charge in [-0.2, -0.15) is 0 Å². The van der Waals surface area contributed by atoms with E-state index in [0.717, 1.165) is 30.8 Å². The number of carbonyl (C=O) groups is 1. The first-order valence-corrected chi connectivity index (χ1v) is 6.91. The molecule has 2 N–H and O–H groups in total. The normalized spacial score (nSPS) is 18.6. The topological polar surface area (TPSA) is 63.2 Å². The van der Waals surface area contributed by atoms with Gasteiger partial charge in [-0.05, 0) is 32.9 Å². The van der Waals surface area contributed by atoms with Crippen LogP contribution in [0.15, 0.2) is 6.20 Å². The molecule has 0 atom stereocenters. The third-order valence-electron chi connectivity index (χ3n) is 3.30. The fraction of sp³-hybridized carbons (Fsp3) is 0.667. The van der Waals surface area contributed by atoms with E-state index in [1.807, 2.05) is 6.92 Å². The lowest BCUT2D eigenvalue weighted by molar-refractivity contribution is -0.130. The summed E-state index contributed by atoms with van der Waals surface area (Å²) < 4.78 is 5.24. The zero-order valence-corrected chi connectivity index (χ0v) is 11.6. The number of nitrogens with zero attached hydrogens (tertiary/aromatic N) is 1. The maximum atomic E-state index is 12.4. The van der Waals surface area contributed by atoms with Crippen molar-refractivity contribution in [2.75, 3.05) is 32.1 Å². The lowest BCUT2D eigenvalue weighted by Crippen LogP contribution is -2.47. The Labute approximate surface area is 111 Å². The molecule has 0 unspecified atom stereocenters. The van der Waals surface area contributed by atoms with E-state index in [1.165, 1.54) is 11.3 Å². The predicted octanol–water partition coefficient (Wildman–Crippen LogP) is 1.41. The van der Waals surface area contributed by atoms with Crippen LogP contribution in [0.5, 0.6) is 0 Å². The largest absolute Gasteiger partial charge is 0.384 e. The van der Waals surface area contributed by atoms with Crippen LogP contribution in [-0.2, 0) is 9.53 Å². The van der Waals surface area contributed by atoms with Gasteiger partial charge in [-0.3, -0.25) is 4.79 Å². The van der Waals surface area contributed by atoms with Crippen molar-refractivity contribution in [1.82, 2.24) is 10.3 Å². The predicted molar refractivity (Wildman–Crippen MR) is 71.9 cm³/mol. The molecule has 0 spiro atoms. The van der Waals surface area contributed by atoms with Crippen molar-refractivity contribution >= 4 is 22.4 Å². The molecule has 1 aromatic rings. The van der Waals surface area contributed by atoms with Gasteiger partial charge in [-0.15, -0.1) is 11.3 Å². The molecule has 0 saturated carbocycles. The number of methoxy groups -OCH3 is 1. The lowest BCUT2D eigenvalue weighted by atomic mass is 9.79. The highest BCUT2D eigenvalue weighted by Gasteiger charge is 2.39. The first kappa shape index (κ1) is 13.5. The number of thiazole rings is 1. The molecule has 1 fully saturated rings. The Morgan fingerprint density at radius 1 is 1.61 bits per heavy atom. The van der Waals surface area contributed by atoms with Crippen LogP contribution in [0, 0.1) is 12.3 Å². The first-order valence-electron chi connectivity index (χ1n) is 6.10. The second-order valence-electron chi connectivity index (χ2n) is 4.69. The van der Waals surface area contributed by atoms with Crippen molar-refractivity contribution in [3.05, 3.63) is 11.1 Å². The number of hydrogen-bond donors (Lipinski definition) is 2. The molecule has 1 aliphatic rings. The van der Waals surface area contributed by atoms with Crippen LogP contribution in [0.25, 0.3) is 0 Å². The number of piperidine rings is 1. The fourth-order valence-corrected chi connectivity index (χ4v) is 2.92. The minimum Gasteiger partial charge on any atom is -0.384 e. The van der Waals surface area contributed by atoms with Crippen LogP contribution in [0.3, 0.4) is 0 Å². The summed E-state index contributed by atoms with van der Waals surface area (Å²) in [5, 5.41) is 6.86. The summed E-state index contributed by atoms with van der Waals surface area (Å²) in [4.78, 5) is 17.7. The van der Waals surface area contributed by atoms with E-state index in [0.29, 0.717) is 11.7 Å². The zero-order valence-electron chi connectivity index (χ0n) is 10.8. The average molecular weight is 269 g/mol. The van der Waals surface area contributed by atoms with Crippen LogP contribution in [-0.4, -0.2) is 37.7 Å². The molecule has 0 aromatic carbocycles. The van der Waals surface area contributed by atoms with Gasteiger partial charge in [0, 0.05) is 18.2 Å². The minimum atomic E-state index is -0.417. The molecule has 0 aliphatic carbocycles. The summed E-state index contributed by atoms with van der Waals surface area (Å²) in [5.74, 6) is 0.0280. The van der Waals surface area contributed by atoms with Crippen LogP contribution >= 0.6 is 11.3 Å². The van der Waals surface area contributed by atoms with Gasteiger partial charge in [0.2, 0.25) is 5.91 Å². The number of hydrogen-bond acceptors (Lipinski definition) is 5. The molecule has 5 nitrogen and oxygen atoms in total. The van der Waals surface area contributed by atoms with E-state index in [4.69, 9.17) is 4.74 Å². The van der Waals surface area contributed by atoms with E-state index in [-0.39, 0.29) is 5.91 Å². The molecule has 1 aromatic heterocycles. The maximum absolute atomic E-state index is 12.4. The number of rotatable bonds is 4. The van der Waals surface area contributed by atoms with Crippen LogP contribution in [0.1, 0.15) is 17.7 Å². The Bertz CT molecular complexity index is 408. The molecular weight excluding hydrogens is 250 g/mol. The summed E-state index contributed by atoms with van der Waals surface area (Å²) in [6.07, 6.45) is 3.37. The monoisotopic (exact) mass is 269 g/mol. The lowest BCUT2D eigenvalue weighted by Gasteiger charge is -2.35. The Balaban J connectivity index is 2.08. The fourth-order valence-electron chi connectivity index (χ4n) is 2.26. The summed E-state index contributed by atoms with van der Waals surface area (Å²) in [5.41, 5.74) is -0.417. The van der Waals surface area contributed by atoms with Crippen molar-refractivity contribution in [2.45, 2.75) is 19.8 Å². The number of aromatic nitrogens is 1. The van der Waals surface area contributed by atoms with Gasteiger partial charge in [0.15, 0.2) is 5.13 Å². The molecule has 1 amide bonds. The first-order chi connectivity index (χ1) is 8.66. The molecule has 6 heteroatoms.